The summed E-state index contributed by atoms with van der Waals surface area (Å²) in [7, 11) is 3.37. The lowest BCUT2D eigenvalue weighted by molar-refractivity contribution is 0.0576. The third kappa shape index (κ3) is 6.23. The van der Waals surface area contributed by atoms with Crippen molar-refractivity contribution in [2.24, 2.45) is 0 Å². The smallest absolute Gasteiger partial charge is 0.254 e. The van der Waals surface area contributed by atoms with Crippen LogP contribution in [0.4, 0.5) is 0 Å². The molecule has 0 aromatic heterocycles. The van der Waals surface area contributed by atoms with E-state index >= 15 is 0 Å². The second-order valence-corrected chi connectivity index (χ2v) is 9.50. The summed E-state index contributed by atoms with van der Waals surface area (Å²) in [5.74, 6) is 1.80. The number of nitrogens with zero attached hydrogens (tertiary/aromatic N) is 1. The van der Waals surface area contributed by atoms with Crippen LogP contribution in [0.25, 0.3) is 0 Å². The highest BCUT2D eigenvalue weighted by Gasteiger charge is 2.32. The summed E-state index contributed by atoms with van der Waals surface area (Å²) >= 11 is 0. The largest absolute Gasteiger partial charge is 0.497 e. The van der Waals surface area contributed by atoms with E-state index in [2.05, 4.69) is 40.5 Å². The number of hydrogen-bond acceptors (Lipinski definition) is 4. The molecule has 0 bridgehead atoms. The summed E-state index contributed by atoms with van der Waals surface area (Å²) < 4.78 is 11.0. The predicted molar refractivity (Wildman–Crippen MR) is 140 cm³/mol. The Labute approximate surface area is 209 Å². The highest BCUT2D eigenvalue weighted by Crippen LogP contribution is 2.27. The summed E-state index contributed by atoms with van der Waals surface area (Å²) in [5, 5.41) is 3.72. The van der Waals surface area contributed by atoms with E-state index in [0.717, 1.165) is 59.6 Å². The fourth-order valence-corrected chi connectivity index (χ4v) is 5.12. The van der Waals surface area contributed by atoms with Crippen LogP contribution in [0.1, 0.15) is 45.5 Å². The first-order valence-corrected chi connectivity index (χ1v) is 12.3. The van der Waals surface area contributed by atoms with Crippen LogP contribution >= 0.6 is 0 Å². The topological polar surface area (TPSA) is 50.8 Å². The minimum atomic E-state index is 0.129. The van der Waals surface area contributed by atoms with Crippen LogP contribution in [0.3, 0.4) is 0 Å². The minimum absolute atomic E-state index is 0.129. The summed E-state index contributed by atoms with van der Waals surface area (Å²) in [6.45, 7) is 5.52. The highest BCUT2D eigenvalue weighted by atomic mass is 16.5. The van der Waals surface area contributed by atoms with Gasteiger partial charge in [0.2, 0.25) is 0 Å². The van der Waals surface area contributed by atoms with Crippen LogP contribution in [0.2, 0.25) is 0 Å². The number of rotatable bonds is 8. The Morgan fingerprint density at radius 2 is 1.71 bits per heavy atom. The number of carbonyl (C=O) groups excluding carboxylic acids is 1. The first kappa shape index (κ1) is 24.8. The standard InChI is InChI=1S/C30H36N2O3/c1-21-14-22(2)16-24(15-21)30(33)32-13-12-26(19-27(32)17-23-8-6-5-7-9-23)31-20-25-18-28(34-3)10-11-29(25)35-4/h5-11,14-16,18,26-27,31H,12-13,17,19-20H2,1-4H3/t26-,27-/m0/s1. The Morgan fingerprint density at radius 1 is 0.971 bits per heavy atom. The lowest BCUT2D eigenvalue weighted by Gasteiger charge is -2.40. The fourth-order valence-electron chi connectivity index (χ4n) is 5.12. The van der Waals surface area contributed by atoms with Gasteiger partial charge in [-0.3, -0.25) is 4.79 Å². The van der Waals surface area contributed by atoms with Gasteiger partial charge in [-0.1, -0.05) is 47.5 Å². The molecule has 1 aliphatic rings. The maximum atomic E-state index is 13.6. The predicted octanol–water partition coefficient (Wildman–Crippen LogP) is 5.33. The second kappa shape index (κ2) is 11.4. The molecule has 184 valence electrons. The van der Waals surface area contributed by atoms with Crippen molar-refractivity contribution in [3.05, 3.63) is 94.5 Å². The van der Waals surface area contributed by atoms with Gasteiger partial charge < -0.3 is 19.7 Å². The second-order valence-electron chi connectivity index (χ2n) is 9.50. The molecule has 1 amide bonds. The molecule has 3 aromatic carbocycles. The van der Waals surface area contributed by atoms with Gasteiger partial charge in [-0.15, -0.1) is 0 Å². The molecule has 4 rings (SSSR count). The van der Waals surface area contributed by atoms with Crippen LogP contribution in [0.5, 0.6) is 11.5 Å². The number of aryl methyl sites for hydroxylation is 2. The van der Waals surface area contributed by atoms with E-state index in [-0.39, 0.29) is 11.9 Å². The van der Waals surface area contributed by atoms with Crippen molar-refractivity contribution in [3.63, 3.8) is 0 Å². The maximum Gasteiger partial charge on any atom is 0.254 e. The van der Waals surface area contributed by atoms with E-state index in [1.165, 1.54) is 5.56 Å². The molecule has 2 atom stereocenters. The van der Waals surface area contributed by atoms with E-state index in [9.17, 15) is 4.79 Å². The number of amides is 1. The molecule has 3 aromatic rings. The van der Waals surface area contributed by atoms with Gasteiger partial charge in [0.05, 0.1) is 14.2 Å². The molecule has 5 nitrogen and oxygen atoms in total. The molecule has 0 radical (unpaired) electrons. The SMILES string of the molecule is COc1ccc(OC)c(CN[C@H]2CCN(C(=O)c3cc(C)cc(C)c3)[C@@H](Cc3ccccc3)C2)c1. The average Bonchev–Trinajstić information content (AvgIpc) is 2.87. The van der Waals surface area contributed by atoms with Crippen LogP contribution < -0.4 is 14.8 Å². The first-order valence-electron chi connectivity index (χ1n) is 12.3. The molecule has 1 heterocycles. The number of benzene rings is 3. The Hall–Kier alpha value is -3.31. The molecule has 1 saturated heterocycles. The van der Waals surface area contributed by atoms with Crippen molar-refractivity contribution < 1.29 is 14.3 Å². The van der Waals surface area contributed by atoms with Crippen molar-refractivity contribution in [2.75, 3.05) is 20.8 Å². The van der Waals surface area contributed by atoms with E-state index in [4.69, 9.17) is 9.47 Å². The van der Waals surface area contributed by atoms with Gasteiger partial charge >= 0.3 is 0 Å². The van der Waals surface area contributed by atoms with Crippen LogP contribution in [-0.4, -0.2) is 43.7 Å². The van der Waals surface area contributed by atoms with Gasteiger partial charge in [0.1, 0.15) is 11.5 Å². The normalized spacial score (nSPS) is 17.8. The van der Waals surface area contributed by atoms with Gasteiger partial charge in [-0.2, -0.15) is 0 Å². The third-order valence-electron chi connectivity index (χ3n) is 6.83. The number of carbonyl (C=O) groups is 1. The van der Waals surface area contributed by atoms with Crippen molar-refractivity contribution >= 4 is 5.91 Å². The zero-order valence-corrected chi connectivity index (χ0v) is 21.2. The quantitative estimate of drug-likeness (QED) is 0.482. The lowest BCUT2D eigenvalue weighted by Crippen LogP contribution is -2.51. The van der Waals surface area contributed by atoms with Crippen LogP contribution in [-0.2, 0) is 13.0 Å². The van der Waals surface area contributed by atoms with Crippen molar-refractivity contribution in [3.8, 4) is 11.5 Å². The molecule has 0 spiro atoms. The van der Waals surface area contributed by atoms with Crippen LogP contribution in [0, 0.1) is 13.8 Å². The van der Waals surface area contributed by atoms with Gasteiger partial charge in [-0.25, -0.2) is 0 Å². The Bertz CT molecular complexity index is 1130. The molecule has 5 heteroatoms. The van der Waals surface area contributed by atoms with Crippen molar-refractivity contribution in [1.82, 2.24) is 10.2 Å². The Kier molecular flexibility index (Phi) is 8.09. The van der Waals surface area contributed by atoms with Gasteiger partial charge in [0, 0.05) is 36.3 Å². The zero-order chi connectivity index (χ0) is 24.8. The number of hydrogen-bond donors (Lipinski definition) is 1. The molecule has 1 N–H and O–H groups in total. The van der Waals surface area contributed by atoms with Crippen molar-refractivity contribution in [1.29, 1.82) is 0 Å². The zero-order valence-electron chi connectivity index (χ0n) is 21.2. The van der Waals surface area contributed by atoms with E-state index in [0.29, 0.717) is 12.6 Å². The van der Waals surface area contributed by atoms with Gasteiger partial charge in [0.15, 0.2) is 0 Å². The molecule has 0 aliphatic carbocycles. The lowest BCUT2D eigenvalue weighted by atomic mass is 9.91. The first-order chi connectivity index (χ1) is 17.0. The maximum absolute atomic E-state index is 13.6. The summed E-state index contributed by atoms with van der Waals surface area (Å²) in [6.07, 6.45) is 2.66. The molecule has 0 saturated carbocycles. The Balaban J connectivity index is 1.51. The molecular weight excluding hydrogens is 436 g/mol. The number of piperidine rings is 1. The molecule has 1 aliphatic heterocycles. The van der Waals surface area contributed by atoms with Crippen molar-refractivity contribution in [2.45, 2.75) is 51.7 Å². The summed E-state index contributed by atoms with van der Waals surface area (Å²) in [6, 6.07) is 22.9. The minimum Gasteiger partial charge on any atom is -0.497 e. The molecule has 0 unspecified atom stereocenters. The average molecular weight is 473 g/mol. The highest BCUT2D eigenvalue weighted by molar-refractivity contribution is 5.95. The number of likely N-dealkylation sites (tertiary alicyclic amines) is 1. The van der Waals surface area contributed by atoms with Crippen LogP contribution in [0.15, 0.2) is 66.7 Å². The summed E-state index contributed by atoms with van der Waals surface area (Å²) in [5.41, 5.74) is 5.35. The third-order valence-corrected chi connectivity index (χ3v) is 6.83. The number of nitrogens with one attached hydrogen (secondary N) is 1. The number of methoxy groups -OCH3 is 2. The van der Waals surface area contributed by atoms with E-state index in [1.54, 1.807) is 14.2 Å². The Morgan fingerprint density at radius 3 is 2.40 bits per heavy atom. The van der Waals surface area contributed by atoms with E-state index in [1.807, 2.05) is 50.2 Å². The van der Waals surface area contributed by atoms with E-state index < -0.39 is 0 Å². The summed E-state index contributed by atoms with van der Waals surface area (Å²) in [4.78, 5) is 15.7. The monoisotopic (exact) mass is 472 g/mol. The molecule has 35 heavy (non-hydrogen) atoms. The molecule has 1 fully saturated rings. The van der Waals surface area contributed by atoms with Gasteiger partial charge in [0.25, 0.3) is 5.91 Å². The number of ether oxygens (including phenoxy) is 2. The van der Waals surface area contributed by atoms with Gasteiger partial charge in [-0.05, 0) is 69.0 Å². The molecular formula is C30H36N2O3. The fraction of sp³-hybridized carbons (Fsp3) is 0.367.